The van der Waals surface area contributed by atoms with E-state index < -0.39 is 0 Å². The summed E-state index contributed by atoms with van der Waals surface area (Å²) in [7, 11) is 0. The van der Waals surface area contributed by atoms with Gasteiger partial charge in [-0.1, -0.05) is 6.07 Å². The van der Waals surface area contributed by atoms with Crippen LogP contribution in [0, 0.1) is 6.92 Å². The lowest BCUT2D eigenvalue weighted by Gasteiger charge is -2.31. The van der Waals surface area contributed by atoms with E-state index in [-0.39, 0.29) is 11.9 Å². The number of rotatable bonds is 6. The molecule has 0 bridgehead atoms. The molecule has 1 aliphatic rings. The quantitative estimate of drug-likeness (QED) is 0.845. The van der Waals surface area contributed by atoms with Crippen molar-refractivity contribution in [2.45, 2.75) is 32.7 Å². The predicted octanol–water partition coefficient (Wildman–Crippen LogP) is 1.64. The molecule has 1 saturated heterocycles. The van der Waals surface area contributed by atoms with Crippen molar-refractivity contribution in [1.82, 2.24) is 20.2 Å². The number of aryl methyl sites for hydroxylation is 1. The molecule has 6 nitrogen and oxygen atoms in total. The van der Waals surface area contributed by atoms with Gasteiger partial charge in [-0.15, -0.1) is 0 Å². The molecule has 1 aromatic heterocycles. The number of H-pyrrole nitrogens is 1. The molecule has 2 N–H and O–H groups in total. The normalized spacial score (nSPS) is 17.1. The lowest BCUT2D eigenvalue weighted by Crippen LogP contribution is -2.44. The number of imidazole rings is 1. The van der Waals surface area contributed by atoms with Crippen LogP contribution in [0.25, 0.3) is 11.0 Å². The van der Waals surface area contributed by atoms with Crippen molar-refractivity contribution >= 4 is 16.9 Å². The standard InChI is InChI=1S/C18H26N4O2/c1-13-3-4-15-16(11-13)21-17(20-15)5-6-19-18(23)12-14(2)22-7-9-24-10-8-22/h3-4,11,14H,5-10,12H2,1-2H3,(H,19,23)(H,20,21). The van der Waals surface area contributed by atoms with Crippen molar-refractivity contribution in [3.05, 3.63) is 29.6 Å². The molecule has 1 fully saturated rings. The predicted molar refractivity (Wildman–Crippen MR) is 94.0 cm³/mol. The second kappa shape index (κ2) is 7.77. The molecule has 0 radical (unpaired) electrons. The van der Waals surface area contributed by atoms with E-state index in [4.69, 9.17) is 4.74 Å². The molecular formula is C18H26N4O2. The van der Waals surface area contributed by atoms with Gasteiger partial charge in [0.05, 0.1) is 24.2 Å². The molecule has 0 aliphatic carbocycles. The third-order valence-electron chi connectivity index (χ3n) is 4.52. The van der Waals surface area contributed by atoms with Gasteiger partial charge in [0.25, 0.3) is 0 Å². The zero-order valence-electron chi connectivity index (χ0n) is 14.5. The molecule has 24 heavy (non-hydrogen) atoms. The number of nitrogens with one attached hydrogen (secondary N) is 2. The summed E-state index contributed by atoms with van der Waals surface area (Å²) in [6, 6.07) is 6.42. The Balaban J connectivity index is 1.43. The Morgan fingerprint density at radius 3 is 3.00 bits per heavy atom. The van der Waals surface area contributed by atoms with Gasteiger partial charge in [0.15, 0.2) is 0 Å². The first kappa shape index (κ1) is 16.9. The number of fused-ring (bicyclic) bond motifs is 1. The van der Waals surface area contributed by atoms with Crippen LogP contribution < -0.4 is 5.32 Å². The summed E-state index contributed by atoms with van der Waals surface area (Å²) < 4.78 is 5.35. The number of benzene rings is 1. The highest BCUT2D eigenvalue weighted by Gasteiger charge is 2.19. The molecule has 1 amide bonds. The van der Waals surface area contributed by atoms with Crippen LogP contribution in [0.1, 0.15) is 24.7 Å². The van der Waals surface area contributed by atoms with Crippen molar-refractivity contribution in [2.24, 2.45) is 0 Å². The maximum Gasteiger partial charge on any atom is 0.221 e. The molecule has 0 saturated carbocycles. The van der Waals surface area contributed by atoms with Crippen molar-refractivity contribution in [1.29, 1.82) is 0 Å². The van der Waals surface area contributed by atoms with Crippen molar-refractivity contribution in [2.75, 3.05) is 32.8 Å². The van der Waals surface area contributed by atoms with E-state index in [1.54, 1.807) is 0 Å². The number of aromatic nitrogens is 2. The average molecular weight is 330 g/mol. The fourth-order valence-corrected chi connectivity index (χ4v) is 3.10. The van der Waals surface area contributed by atoms with Crippen LogP contribution in [0.4, 0.5) is 0 Å². The number of nitrogens with zero attached hydrogens (tertiary/aromatic N) is 2. The van der Waals surface area contributed by atoms with Gasteiger partial charge in [-0.2, -0.15) is 0 Å². The number of amides is 1. The molecule has 6 heteroatoms. The summed E-state index contributed by atoms with van der Waals surface area (Å²) in [5, 5.41) is 3.00. The van der Waals surface area contributed by atoms with Crippen LogP contribution in [-0.2, 0) is 16.0 Å². The number of carbonyl (C=O) groups is 1. The number of ether oxygens (including phenoxy) is 1. The highest BCUT2D eigenvalue weighted by atomic mass is 16.5. The van der Waals surface area contributed by atoms with Crippen LogP contribution in [0.3, 0.4) is 0 Å². The molecule has 1 atom stereocenters. The van der Waals surface area contributed by atoms with Gasteiger partial charge in [0.2, 0.25) is 5.91 Å². The summed E-state index contributed by atoms with van der Waals surface area (Å²) in [6.07, 6.45) is 1.24. The Morgan fingerprint density at radius 1 is 1.42 bits per heavy atom. The maximum atomic E-state index is 12.1. The molecule has 2 aromatic rings. The highest BCUT2D eigenvalue weighted by molar-refractivity contribution is 5.77. The monoisotopic (exact) mass is 330 g/mol. The molecule has 0 spiro atoms. The summed E-state index contributed by atoms with van der Waals surface area (Å²) in [5.41, 5.74) is 3.24. The van der Waals surface area contributed by atoms with Crippen molar-refractivity contribution < 1.29 is 9.53 Å². The van der Waals surface area contributed by atoms with Crippen LogP contribution in [0.5, 0.6) is 0 Å². The van der Waals surface area contributed by atoms with Crippen LogP contribution >= 0.6 is 0 Å². The van der Waals surface area contributed by atoms with Gasteiger partial charge < -0.3 is 15.0 Å². The summed E-state index contributed by atoms with van der Waals surface area (Å²) in [6.45, 7) is 8.12. The van der Waals surface area contributed by atoms with E-state index >= 15 is 0 Å². The lowest BCUT2D eigenvalue weighted by molar-refractivity contribution is -0.122. The van der Waals surface area contributed by atoms with Gasteiger partial charge in [-0.25, -0.2) is 4.98 Å². The maximum absolute atomic E-state index is 12.1. The Hall–Kier alpha value is -1.92. The first-order chi connectivity index (χ1) is 11.6. The fraction of sp³-hybridized carbons (Fsp3) is 0.556. The topological polar surface area (TPSA) is 70.2 Å². The van der Waals surface area contributed by atoms with Crippen molar-refractivity contribution in [3.63, 3.8) is 0 Å². The third kappa shape index (κ3) is 4.33. The minimum absolute atomic E-state index is 0.0981. The zero-order chi connectivity index (χ0) is 16.9. The Bertz CT molecular complexity index is 691. The third-order valence-corrected chi connectivity index (χ3v) is 4.52. The minimum atomic E-state index is 0.0981. The van der Waals surface area contributed by atoms with E-state index in [2.05, 4.69) is 46.2 Å². The van der Waals surface area contributed by atoms with E-state index in [0.29, 0.717) is 19.4 Å². The van der Waals surface area contributed by atoms with Crippen molar-refractivity contribution in [3.8, 4) is 0 Å². The molecule has 3 rings (SSSR count). The number of hydrogen-bond acceptors (Lipinski definition) is 4. The fourth-order valence-electron chi connectivity index (χ4n) is 3.10. The first-order valence-electron chi connectivity index (χ1n) is 8.65. The Labute approximate surface area is 142 Å². The van der Waals surface area contributed by atoms with E-state index in [9.17, 15) is 4.79 Å². The van der Waals surface area contributed by atoms with Gasteiger partial charge in [-0.3, -0.25) is 9.69 Å². The number of carbonyl (C=O) groups excluding carboxylic acids is 1. The highest BCUT2D eigenvalue weighted by Crippen LogP contribution is 2.13. The van der Waals surface area contributed by atoms with Gasteiger partial charge in [0, 0.05) is 38.5 Å². The lowest BCUT2D eigenvalue weighted by atomic mass is 10.2. The van der Waals surface area contributed by atoms with E-state index in [1.807, 2.05) is 6.07 Å². The average Bonchev–Trinajstić information content (AvgIpc) is 2.97. The Kier molecular flexibility index (Phi) is 5.48. The van der Waals surface area contributed by atoms with Gasteiger partial charge >= 0.3 is 0 Å². The van der Waals surface area contributed by atoms with E-state index in [0.717, 1.165) is 43.2 Å². The molecule has 2 heterocycles. The first-order valence-corrected chi connectivity index (χ1v) is 8.65. The second-order valence-electron chi connectivity index (χ2n) is 6.51. The number of hydrogen-bond donors (Lipinski definition) is 2. The van der Waals surface area contributed by atoms with Crippen LogP contribution in [-0.4, -0.2) is 59.7 Å². The number of aromatic amines is 1. The zero-order valence-corrected chi connectivity index (χ0v) is 14.5. The van der Waals surface area contributed by atoms with Crippen LogP contribution in [0.15, 0.2) is 18.2 Å². The molecule has 1 unspecified atom stereocenters. The molecular weight excluding hydrogens is 304 g/mol. The van der Waals surface area contributed by atoms with Gasteiger partial charge in [-0.05, 0) is 31.5 Å². The largest absolute Gasteiger partial charge is 0.379 e. The molecule has 1 aliphatic heterocycles. The smallest absolute Gasteiger partial charge is 0.221 e. The molecule has 1 aromatic carbocycles. The summed E-state index contributed by atoms with van der Waals surface area (Å²) in [4.78, 5) is 22.3. The molecule has 130 valence electrons. The van der Waals surface area contributed by atoms with Crippen LogP contribution in [0.2, 0.25) is 0 Å². The van der Waals surface area contributed by atoms with E-state index in [1.165, 1.54) is 5.56 Å². The SMILES string of the molecule is Cc1ccc2nc(CCNC(=O)CC(C)N3CCOCC3)[nH]c2c1. The Morgan fingerprint density at radius 2 is 2.21 bits per heavy atom. The van der Waals surface area contributed by atoms with Gasteiger partial charge in [0.1, 0.15) is 5.82 Å². The minimum Gasteiger partial charge on any atom is -0.379 e. The second-order valence-corrected chi connectivity index (χ2v) is 6.51. The summed E-state index contributed by atoms with van der Waals surface area (Å²) in [5.74, 6) is 1.01. The number of morpholine rings is 1. The summed E-state index contributed by atoms with van der Waals surface area (Å²) >= 11 is 0.